The molecule has 0 aliphatic carbocycles. The molecule has 0 amide bonds. The number of fused-ring (bicyclic) bond motifs is 6. The number of para-hydroxylation sites is 1. The van der Waals surface area contributed by atoms with Gasteiger partial charge < -0.3 is 49.2 Å². The molecule has 102 heavy (non-hydrogen) atoms. The molecule has 0 saturated carbocycles. The largest absolute Gasteiger partial charge is 4.00 e. The Kier molecular flexibility index (Phi) is 24.5. The standard InChI is InChI=1S/2C29H37N4.C14H6F6N.C11H7N2.2Pt/c2*1-20(2)23-15-27(21(3)4)29(28(16-23)22(5)6)24-13-25(32-11-9-30(7)18-32)17-26(14-24)33-12-10-31(8)19-33;15-13(16,17)7-1-3-11-9(5-7)10-6-8(14(18,19)20)2-4-12(10)21-11;1-2-4-10-8(3-1)9-5-6-12-7-11(9)13-10;;/h2*9-16,18-22H,1-8H3;1-6H;1-7H;;/q2*-3;2*-1;2*+4. The Balaban J connectivity index is 0.000000165. The molecule has 0 spiro atoms. The Labute approximate surface area is 626 Å². The van der Waals surface area contributed by atoms with Gasteiger partial charge in [-0.1, -0.05) is 156 Å². The first-order chi connectivity index (χ1) is 47.4. The van der Waals surface area contributed by atoms with E-state index in [-0.39, 0.29) is 63.9 Å². The topological polar surface area (TPSA) is 67.0 Å². The van der Waals surface area contributed by atoms with Gasteiger partial charge in [-0.25, -0.2) is 0 Å². The molecule has 4 aliphatic heterocycles. The van der Waals surface area contributed by atoms with Gasteiger partial charge in [0.1, 0.15) is 0 Å². The van der Waals surface area contributed by atoms with Crippen molar-refractivity contribution in [1.82, 2.24) is 34.6 Å². The van der Waals surface area contributed by atoms with E-state index in [4.69, 9.17) is 0 Å². The number of benzene rings is 7. The second-order valence-electron chi connectivity index (χ2n) is 27.9. The van der Waals surface area contributed by atoms with Crippen LogP contribution in [0, 0.1) is 38.8 Å². The number of rotatable bonds is 12. The summed E-state index contributed by atoms with van der Waals surface area (Å²) in [5, 5.41) is 2.52. The summed E-state index contributed by atoms with van der Waals surface area (Å²) in [6.07, 6.45) is 11.1. The predicted octanol–water partition coefficient (Wildman–Crippen LogP) is 21.7. The SMILES string of the molecule is CC(C)c1cc(C(C)C)c(-c2cc(N3C=CN(C)[CH-]3)[c-]c(N3C=CN(C)[CH-]3)c2)c(C(C)C)c1.CC(C)c1cc(C(C)C)c(-c2cc(N3C=CN(C)[CH-]3)[c-]c(N3C=CN(C)[CH-]3)c2)c(C(C)C)c1.FC(F)(F)c1ccc2[n-]c3ccc(C(F)(F)F)cc3c2c1.[Pt+4].[Pt+4].c1ccc2c(c1)[n-]c1cnccc12. The number of aromatic nitrogens is 3. The number of hydrogen-bond donors (Lipinski definition) is 0. The maximum atomic E-state index is 12.7. The number of nitrogens with zero attached hydrogens (tertiary/aromatic N) is 11. The van der Waals surface area contributed by atoms with Crippen molar-refractivity contribution in [3.63, 3.8) is 0 Å². The van der Waals surface area contributed by atoms with E-state index in [2.05, 4.69) is 280 Å². The van der Waals surface area contributed by atoms with Crippen LogP contribution in [-0.4, -0.2) is 52.8 Å². The maximum Gasteiger partial charge on any atom is 4.00 e. The van der Waals surface area contributed by atoms with Gasteiger partial charge in [0.2, 0.25) is 0 Å². The van der Waals surface area contributed by atoms with Gasteiger partial charge >= 0.3 is 54.5 Å². The third-order valence-corrected chi connectivity index (χ3v) is 18.1. The fourth-order valence-corrected chi connectivity index (χ4v) is 12.7. The van der Waals surface area contributed by atoms with Gasteiger partial charge in [0, 0.05) is 12.4 Å². The average molecular weight is 1740 g/mol. The smallest absolute Gasteiger partial charge is 0.657 e. The zero-order valence-electron chi connectivity index (χ0n) is 60.3. The maximum absolute atomic E-state index is 12.7. The van der Waals surface area contributed by atoms with Crippen molar-refractivity contribution in [1.29, 1.82) is 0 Å². The van der Waals surface area contributed by atoms with Gasteiger partial charge in [-0.3, -0.25) is 4.98 Å². The summed E-state index contributed by atoms with van der Waals surface area (Å²) in [6.45, 7) is 36.0. The van der Waals surface area contributed by atoms with E-state index in [1.54, 1.807) is 12.4 Å². The minimum Gasteiger partial charge on any atom is -0.657 e. The molecule has 19 heteroatoms. The van der Waals surface area contributed by atoms with Crippen LogP contribution in [0.3, 0.4) is 0 Å². The van der Waals surface area contributed by atoms with Crippen molar-refractivity contribution in [2.45, 2.75) is 131 Å². The molecule has 0 radical (unpaired) electrons. The summed E-state index contributed by atoms with van der Waals surface area (Å²) >= 11 is 0. The van der Waals surface area contributed by atoms with E-state index in [0.29, 0.717) is 35.5 Å². The fraction of sp³-hybridized carbons (Fsp3) is 0.289. The van der Waals surface area contributed by atoms with Crippen LogP contribution in [0.15, 0.2) is 177 Å². The second kappa shape index (κ2) is 32.1. The molecule has 7 aromatic carbocycles. The molecule has 7 heterocycles. The molecule has 0 saturated heterocycles. The molecule has 0 bridgehead atoms. The minimum atomic E-state index is -4.56. The molecule has 10 aromatic rings. The first kappa shape index (κ1) is 77.8. The zero-order chi connectivity index (χ0) is 71.8. The molecule has 0 N–H and O–H groups in total. The van der Waals surface area contributed by atoms with Crippen LogP contribution < -0.4 is 29.6 Å². The van der Waals surface area contributed by atoms with Crippen LogP contribution in [0.2, 0.25) is 0 Å². The van der Waals surface area contributed by atoms with E-state index < -0.39 is 23.5 Å². The zero-order valence-corrected chi connectivity index (χ0v) is 64.9. The number of halogens is 6. The molecular weight excluding hydrogens is 1660 g/mol. The first-order valence-electron chi connectivity index (χ1n) is 33.9. The van der Waals surface area contributed by atoms with Crippen LogP contribution in [0.4, 0.5) is 49.1 Å². The summed E-state index contributed by atoms with van der Waals surface area (Å²) in [5.41, 5.74) is 18.6. The van der Waals surface area contributed by atoms with Crippen molar-refractivity contribution in [2.24, 2.45) is 0 Å². The quantitative estimate of drug-likeness (QED) is 0.0868. The Bertz CT molecular complexity index is 4280. The van der Waals surface area contributed by atoms with E-state index >= 15 is 0 Å². The van der Waals surface area contributed by atoms with Gasteiger partial charge in [0.05, 0.1) is 11.1 Å². The average Bonchev–Trinajstić information content (AvgIpc) is 1.21. The van der Waals surface area contributed by atoms with E-state index in [1.807, 2.05) is 52.5 Å². The van der Waals surface area contributed by atoms with Gasteiger partial charge in [-0.05, 0) is 198 Å². The van der Waals surface area contributed by atoms with Gasteiger partial charge in [0.15, 0.2) is 0 Å². The Morgan fingerprint density at radius 3 is 0.980 bits per heavy atom. The molecule has 11 nitrogen and oxygen atoms in total. The van der Waals surface area contributed by atoms with Crippen LogP contribution >= 0.6 is 0 Å². The number of hydrogen-bond acceptors (Lipinski definition) is 9. The number of anilines is 4. The summed E-state index contributed by atoms with van der Waals surface area (Å²) < 4.78 is 76.1. The molecule has 4 aliphatic rings. The molecule has 0 atom stereocenters. The fourth-order valence-electron chi connectivity index (χ4n) is 12.7. The van der Waals surface area contributed by atoms with Crippen LogP contribution in [0.5, 0.6) is 0 Å². The Hall–Kier alpha value is -8.39. The molecule has 0 unspecified atom stereocenters. The van der Waals surface area contributed by atoms with Crippen LogP contribution in [-0.2, 0) is 54.5 Å². The van der Waals surface area contributed by atoms with Gasteiger partial charge in [-0.15, -0.1) is 92.3 Å². The third kappa shape index (κ3) is 17.4. The van der Waals surface area contributed by atoms with E-state index in [0.717, 1.165) is 70.2 Å². The van der Waals surface area contributed by atoms with Crippen molar-refractivity contribution in [2.75, 3.05) is 47.8 Å². The number of pyridine rings is 1. The molecule has 0 fully saturated rings. The normalized spacial score (nSPS) is 14.5. The summed E-state index contributed by atoms with van der Waals surface area (Å²) in [6, 6.07) is 42.0. The molecular formula is C83H87F6N11Pt2. The van der Waals surface area contributed by atoms with Crippen molar-refractivity contribution in [3.8, 4) is 22.3 Å². The van der Waals surface area contributed by atoms with E-state index in [1.165, 1.54) is 66.4 Å². The van der Waals surface area contributed by atoms with Crippen LogP contribution in [0.1, 0.15) is 163 Å². The first-order valence-corrected chi connectivity index (χ1v) is 33.9. The predicted molar refractivity (Wildman–Crippen MR) is 398 cm³/mol. The Morgan fingerprint density at radius 1 is 0.363 bits per heavy atom. The van der Waals surface area contributed by atoms with Crippen molar-refractivity contribution in [3.05, 3.63) is 261 Å². The molecule has 3 aromatic heterocycles. The minimum absolute atomic E-state index is 0. The summed E-state index contributed by atoms with van der Waals surface area (Å²) in [4.78, 5) is 29.3. The van der Waals surface area contributed by atoms with Crippen molar-refractivity contribution >= 4 is 66.4 Å². The molecule has 536 valence electrons. The van der Waals surface area contributed by atoms with Gasteiger partial charge in [-0.2, -0.15) is 53.0 Å². The molecule has 14 rings (SSSR count). The second-order valence-corrected chi connectivity index (χ2v) is 27.9. The monoisotopic (exact) mass is 1740 g/mol. The summed E-state index contributed by atoms with van der Waals surface area (Å²) in [7, 11) is 8.19. The van der Waals surface area contributed by atoms with Crippen molar-refractivity contribution < 1.29 is 68.5 Å². The Morgan fingerprint density at radius 2 is 0.676 bits per heavy atom. The van der Waals surface area contributed by atoms with E-state index in [9.17, 15) is 26.3 Å². The number of alkyl halides is 6. The summed E-state index contributed by atoms with van der Waals surface area (Å²) in [5.74, 6) is 2.73. The third-order valence-electron chi connectivity index (χ3n) is 18.1. The van der Waals surface area contributed by atoms with Crippen LogP contribution in [0.25, 0.3) is 65.9 Å². The van der Waals surface area contributed by atoms with Gasteiger partial charge in [0.25, 0.3) is 0 Å².